The number of nitrogens with one attached hydrogen (secondary N) is 1. The van der Waals surface area contributed by atoms with Gasteiger partial charge in [-0.1, -0.05) is 0 Å². The van der Waals surface area contributed by atoms with E-state index >= 15 is 0 Å². The standard InChI is InChI=1S/C7H15NO3/c9-6-7(10)5-8-1-3-11-4-2-8/h7,9-10H,1-6H2/p+1/t7-/m0/s1. The minimum Gasteiger partial charge on any atom is -0.393 e. The summed E-state index contributed by atoms with van der Waals surface area (Å²) < 4.78 is 5.15. The fraction of sp³-hybridized carbons (Fsp3) is 1.00. The number of aliphatic hydroxyl groups excluding tert-OH is 2. The summed E-state index contributed by atoms with van der Waals surface area (Å²) in [5, 5.41) is 17.7. The highest BCUT2D eigenvalue weighted by Gasteiger charge is 2.16. The van der Waals surface area contributed by atoms with E-state index in [4.69, 9.17) is 14.9 Å². The lowest BCUT2D eigenvalue weighted by Gasteiger charge is -2.25. The van der Waals surface area contributed by atoms with Crippen molar-refractivity contribution in [3.8, 4) is 0 Å². The Balaban J connectivity index is 2.13. The van der Waals surface area contributed by atoms with Gasteiger partial charge in [0.05, 0.1) is 19.8 Å². The zero-order chi connectivity index (χ0) is 8.10. The van der Waals surface area contributed by atoms with Crippen LogP contribution >= 0.6 is 0 Å². The van der Waals surface area contributed by atoms with E-state index in [0.717, 1.165) is 26.3 Å². The van der Waals surface area contributed by atoms with Crippen LogP contribution < -0.4 is 4.90 Å². The molecule has 0 aromatic carbocycles. The molecule has 1 saturated heterocycles. The van der Waals surface area contributed by atoms with Crippen molar-refractivity contribution in [2.45, 2.75) is 6.10 Å². The zero-order valence-electron chi connectivity index (χ0n) is 6.62. The van der Waals surface area contributed by atoms with Crippen LogP contribution in [-0.4, -0.2) is 55.8 Å². The predicted molar refractivity (Wildman–Crippen MR) is 39.5 cm³/mol. The molecule has 11 heavy (non-hydrogen) atoms. The Kier molecular flexibility index (Phi) is 3.79. The van der Waals surface area contributed by atoms with Gasteiger partial charge in [0, 0.05) is 0 Å². The Labute approximate surface area is 66.4 Å². The van der Waals surface area contributed by atoms with Crippen LogP contribution in [0.3, 0.4) is 0 Å². The van der Waals surface area contributed by atoms with E-state index in [1.807, 2.05) is 0 Å². The summed E-state index contributed by atoms with van der Waals surface area (Å²) >= 11 is 0. The molecule has 0 amide bonds. The first kappa shape index (κ1) is 8.93. The lowest BCUT2D eigenvalue weighted by Crippen LogP contribution is -3.15. The number of rotatable bonds is 3. The van der Waals surface area contributed by atoms with E-state index in [1.54, 1.807) is 0 Å². The maximum absolute atomic E-state index is 9.10. The van der Waals surface area contributed by atoms with Crippen molar-refractivity contribution in [3.63, 3.8) is 0 Å². The van der Waals surface area contributed by atoms with Gasteiger partial charge in [0.1, 0.15) is 25.7 Å². The first-order valence-corrected chi connectivity index (χ1v) is 4.03. The predicted octanol–water partition coefficient (Wildman–Crippen LogP) is -2.75. The van der Waals surface area contributed by atoms with E-state index in [-0.39, 0.29) is 6.61 Å². The van der Waals surface area contributed by atoms with Crippen LogP contribution in [0.1, 0.15) is 0 Å². The third-order valence-corrected chi connectivity index (χ3v) is 1.93. The average molecular weight is 162 g/mol. The lowest BCUT2D eigenvalue weighted by atomic mass is 10.3. The summed E-state index contributed by atoms with van der Waals surface area (Å²) in [7, 11) is 0. The summed E-state index contributed by atoms with van der Waals surface area (Å²) in [5.41, 5.74) is 0. The molecule has 0 radical (unpaired) electrons. The molecule has 1 heterocycles. The van der Waals surface area contributed by atoms with Crippen LogP contribution in [0.4, 0.5) is 0 Å². The molecule has 66 valence electrons. The van der Waals surface area contributed by atoms with Gasteiger partial charge in [-0.05, 0) is 0 Å². The summed E-state index contributed by atoms with van der Waals surface area (Å²) in [4.78, 5) is 1.32. The lowest BCUT2D eigenvalue weighted by molar-refractivity contribution is -0.911. The van der Waals surface area contributed by atoms with Gasteiger partial charge < -0.3 is 19.8 Å². The summed E-state index contributed by atoms with van der Waals surface area (Å²) in [6, 6.07) is 0. The highest BCUT2D eigenvalue weighted by molar-refractivity contribution is 4.49. The van der Waals surface area contributed by atoms with Gasteiger partial charge in [-0.25, -0.2) is 0 Å². The molecule has 0 aromatic heterocycles. The molecule has 1 rings (SSSR count). The smallest absolute Gasteiger partial charge is 0.126 e. The van der Waals surface area contributed by atoms with Crippen LogP contribution in [0.15, 0.2) is 0 Å². The van der Waals surface area contributed by atoms with Gasteiger partial charge in [-0.3, -0.25) is 0 Å². The molecular weight excluding hydrogens is 146 g/mol. The Morgan fingerprint density at radius 2 is 2.00 bits per heavy atom. The molecule has 4 heteroatoms. The van der Waals surface area contributed by atoms with E-state index < -0.39 is 6.10 Å². The minimum absolute atomic E-state index is 0.135. The van der Waals surface area contributed by atoms with E-state index in [0.29, 0.717) is 6.54 Å². The normalized spacial score (nSPS) is 23.5. The van der Waals surface area contributed by atoms with Crippen molar-refractivity contribution in [2.24, 2.45) is 0 Å². The molecule has 0 unspecified atom stereocenters. The molecule has 0 aliphatic carbocycles. The summed E-state index contributed by atoms with van der Waals surface area (Å²) in [6.07, 6.45) is -0.567. The molecule has 1 fully saturated rings. The highest BCUT2D eigenvalue weighted by atomic mass is 16.5. The minimum atomic E-state index is -0.567. The van der Waals surface area contributed by atoms with Crippen molar-refractivity contribution >= 4 is 0 Å². The van der Waals surface area contributed by atoms with Crippen molar-refractivity contribution in [1.82, 2.24) is 0 Å². The van der Waals surface area contributed by atoms with Gasteiger partial charge in [-0.15, -0.1) is 0 Å². The second kappa shape index (κ2) is 4.66. The molecule has 4 nitrogen and oxygen atoms in total. The van der Waals surface area contributed by atoms with Gasteiger partial charge in [0.15, 0.2) is 0 Å². The van der Waals surface area contributed by atoms with Gasteiger partial charge >= 0.3 is 0 Å². The average Bonchev–Trinajstić information content (AvgIpc) is 2.06. The summed E-state index contributed by atoms with van der Waals surface area (Å²) in [6.45, 7) is 3.93. The number of quaternary nitrogens is 1. The third-order valence-electron chi connectivity index (χ3n) is 1.93. The second-order valence-corrected chi connectivity index (χ2v) is 2.90. The van der Waals surface area contributed by atoms with Crippen molar-refractivity contribution in [2.75, 3.05) is 39.5 Å². The van der Waals surface area contributed by atoms with E-state index in [2.05, 4.69) is 0 Å². The molecule has 1 aliphatic rings. The first-order chi connectivity index (χ1) is 5.33. The second-order valence-electron chi connectivity index (χ2n) is 2.90. The number of ether oxygens (including phenoxy) is 1. The number of aliphatic hydroxyl groups is 2. The Morgan fingerprint density at radius 3 is 2.55 bits per heavy atom. The molecule has 0 bridgehead atoms. The molecule has 0 spiro atoms. The maximum Gasteiger partial charge on any atom is 0.126 e. The number of hydrogen-bond acceptors (Lipinski definition) is 3. The molecule has 0 saturated carbocycles. The number of morpholine rings is 1. The van der Waals surface area contributed by atoms with Gasteiger partial charge in [0.2, 0.25) is 0 Å². The van der Waals surface area contributed by atoms with Crippen LogP contribution in [-0.2, 0) is 4.74 Å². The quantitative estimate of drug-likeness (QED) is 0.422. The van der Waals surface area contributed by atoms with E-state index in [9.17, 15) is 0 Å². The highest BCUT2D eigenvalue weighted by Crippen LogP contribution is 1.78. The SMILES string of the molecule is OC[C@@H](O)C[NH+]1CCOCC1. The molecule has 1 aliphatic heterocycles. The van der Waals surface area contributed by atoms with Gasteiger partial charge in [0.25, 0.3) is 0 Å². The maximum atomic E-state index is 9.10. The monoisotopic (exact) mass is 162 g/mol. The molecule has 0 aromatic rings. The van der Waals surface area contributed by atoms with Crippen LogP contribution in [0, 0.1) is 0 Å². The fourth-order valence-corrected chi connectivity index (χ4v) is 1.26. The van der Waals surface area contributed by atoms with Crippen LogP contribution in [0.5, 0.6) is 0 Å². The molecule has 1 atom stereocenters. The van der Waals surface area contributed by atoms with E-state index in [1.165, 1.54) is 4.90 Å². The van der Waals surface area contributed by atoms with Crippen molar-refractivity contribution < 1.29 is 19.8 Å². The number of hydrogen-bond donors (Lipinski definition) is 3. The Morgan fingerprint density at radius 1 is 1.36 bits per heavy atom. The fourth-order valence-electron chi connectivity index (χ4n) is 1.26. The molecular formula is C7H16NO3+. The topological polar surface area (TPSA) is 54.1 Å². The Hall–Kier alpha value is -0.160. The van der Waals surface area contributed by atoms with Crippen LogP contribution in [0.2, 0.25) is 0 Å². The zero-order valence-corrected chi connectivity index (χ0v) is 6.62. The van der Waals surface area contributed by atoms with Crippen LogP contribution in [0.25, 0.3) is 0 Å². The van der Waals surface area contributed by atoms with Crippen molar-refractivity contribution in [1.29, 1.82) is 0 Å². The third kappa shape index (κ3) is 3.16. The Bertz CT molecular complexity index is 104. The van der Waals surface area contributed by atoms with Crippen molar-refractivity contribution in [3.05, 3.63) is 0 Å². The van der Waals surface area contributed by atoms with Gasteiger partial charge in [-0.2, -0.15) is 0 Å². The molecule has 3 N–H and O–H groups in total. The first-order valence-electron chi connectivity index (χ1n) is 4.03. The summed E-state index contributed by atoms with van der Waals surface area (Å²) in [5.74, 6) is 0. The largest absolute Gasteiger partial charge is 0.393 e.